The molecule has 2 aromatic heterocycles. The Bertz CT molecular complexity index is 1200. The SMILES string of the molecule is O=C(c1cccc(F)c1-c1ncccn1)N1CC2CCC1(CNc1ccc(C(F)(F)F)nc1)C2. The predicted octanol–water partition coefficient (Wildman–Crippen LogP) is 4.80. The third-order valence-electron chi connectivity index (χ3n) is 6.65. The number of pyridine rings is 1. The number of hydrogen-bond donors (Lipinski definition) is 1. The highest BCUT2D eigenvalue weighted by molar-refractivity contribution is 6.01. The number of fused-ring (bicyclic) bond motifs is 2. The molecule has 5 rings (SSSR count). The normalized spacial score (nSPS) is 21.6. The lowest BCUT2D eigenvalue weighted by Gasteiger charge is -2.39. The number of nitrogens with zero attached hydrogens (tertiary/aromatic N) is 4. The molecule has 2 bridgehead atoms. The molecular formula is C24H21F4N5O. The molecule has 3 aromatic rings. The molecule has 1 aromatic carbocycles. The number of carbonyl (C=O) groups excluding carboxylic acids is 1. The Balaban J connectivity index is 1.40. The summed E-state index contributed by atoms with van der Waals surface area (Å²) in [5.74, 6) is -0.432. The van der Waals surface area contributed by atoms with E-state index >= 15 is 0 Å². The first-order chi connectivity index (χ1) is 16.3. The number of nitrogens with one attached hydrogen (secondary N) is 1. The van der Waals surface area contributed by atoms with Gasteiger partial charge in [0.2, 0.25) is 0 Å². The van der Waals surface area contributed by atoms with Crippen molar-refractivity contribution in [3.05, 3.63) is 72.1 Å². The highest BCUT2D eigenvalue weighted by Gasteiger charge is 2.52. The average molecular weight is 471 g/mol. The number of carbonyl (C=O) groups is 1. The van der Waals surface area contributed by atoms with Crippen LogP contribution in [0.4, 0.5) is 23.2 Å². The minimum absolute atomic E-state index is 0.0610. The Morgan fingerprint density at radius 2 is 1.91 bits per heavy atom. The van der Waals surface area contributed by atoms with Gasteiger partial charge in [-0.05, 0) is 55.5 Å². The van der Waals surface area contributed by atoms with E-state index in [0.717, 1.165) is 31.5 Å². The van der Waals surface area contributed by atoms with E-state index < -0.39 is 23.2 Å². The molecule has 1 amide bonds. The van der Waals surface area contributed by atoms with E-state index in [2.05, 4.69) is 20.3 Å². The van der Waals surface area contributed by atoms with E-state index in [4.69, 9.17) is 0 Å². The van der Waals surface area contributed by atoms with Gasteiger partial charge in [0.25, 0.3) is 5.91 Å². The van der Waals surface area contributed by atoms with Crippen molar-refractivity contribution in [1.82, 2.24) is 19.9 Å². The smallest absolute Gasteiger partial charge is 0.381 e. The van der Waals surface area contributed by atoms with Gasteiger partial charge in [-0.1, -0.05) is 6.07 Å². The van der Waals surface area contributed by atoms with Crippen molar-refractivity contribution in [3.63, 3.8) is 0 Å². The zero-order valence-corrected chi connectivity index (χ0v) is 18.0. The fourth-order valence-electron chi connectivity index (χ4n) is 5.06. The Morgan fingerprint density at radius 1 is 1.12 bits per heavy atom. The maximum Gasteiger partial charge on any atom is 0.433 e. The number of aromatic nitrogens is 3. The molecule has 10 heteroatoms. The average Bonchev–Trinajstić information content (AvgIpc) is 3.41. The van der Waals surface area contributed by atoms with Crippen molar-refractivity contribution >= 4 is 11.6 Å². The summed E-state index contributed by atoms with van der Waals surface area (Å²) in [5, 5.41) is 3.16. The van der Waals surface area contributed by atoms with Gasteiger partial charge >= 0.3 is 6.18 Å². The van der Waals surface area contributed by atoms with E-state index in [9.17, 15) is 22.4 Å². The van der Waals surface area contributed by atoms with E-state index in [0.29, 0.717) is 24.7 Å². The molecular weight excluding hydrogens is 450 g/mol. The highest BCUT2D eigenvalue weighted by atomic mass is 19.4. The molecule has 34 heavy (non-hydrogen) atoms. The molecule has 6 nitrogen and oxygen atoms in total. The van der Waals surface area contributed by atoms with Gasteiger partial charge in [0.1, 0.15) is 11.5 Å². The Morgan fingerprint density at radius 3 is 2.59 bits per heavy atom. The summed E-state index contributed by atoms with van der Waals surface area (Å²) >= 11 is 0. The molecule has 3 heterocycles. The van der Waals surface area contributed by atoms with Crippen molar-refractivity contribution in [2.24, 2.45) is 5.92 Å². The molecule has 0 radical (unpaired) electrons. The van der Waals surface area contributed by atoms with Gasteiger partial charge in [-0.3, -0.25) is 4.79 Å². The minimum Gasteiger partial charge on any atom is -0.381 e. The number of amides is 1. The van der Waals surface area contributed by atoms with E-state index in [1.54, 1.807) is 17.0 Å². The number of benzene rings is 1. The molecule has 1 aliphatic carbocycles. The molecule has 0 spiro atoms. The Labute approximate surface area is 193 Å². The van der Waals surface area contributed by atoms with Crippen LogP contribution >= 0.6 is 0 Å². The van der Waals surface area contributed by atoms with Crippen molar-refractivity contribution in [3.8, 4) is 11.4 Å². The number of piperidine rings is 1. The lowest BCUT2D eigenvalue weighted by molar-refractivity contribution is -0.141. The zero-order valence-electron chi connectivity index (χ0n) is 18.0. The second kappa shape index (κ2) is 8.34. The van der Waals surface area contributed by atoms with Crippen molar-refractivity contribution < 1.29 is 22.4 Å². The van der Waals surface area contributed by atoms with Crippen LogP contribution in [0.5, 0.6) is 0 Å². The number of anilines is 1. The zero-order chi connectivity index (χ0) is 23.9. The number of alkyl halides is 3. The predicted molar refractivity (Wildman–Crippen MR) is 116 cm³/mol. The molecule has 1 aliphatic heterocycles. The Kier molecular flexibility index (Phi) is 5.45. The summed E-state index contributed by atoms with van der Waals surface area (Å²) in [4.78, 5) is 27.2. The summed E-state index contributed by atoms with van der Waals surface area (Å²) in [6, 6.07) is 8.20. The first-order valence-corrected chi connectivity index (χ1v) is 10.9. The molecule has 2 fully saturated rings. The van der Waals surface area contributed by atoms with Crippen molar-refractivity contribution in [2.75, 3.05) is 18.4 Å². The lowest BCUT2D eigenvalue weighted by atomic mass is 9.94. The number of hydrogen-bond acceptors (Lipinski definition) is 5. The number of halogens is 4. The fraction of sp³-hybridized carbons (Fsp3) is 0.333. The minimum atomic E-state index is -4.50. The quantitative estimate of drug-likeness (QED) is 0.541. The molecule has 2 aliphatic rings. The van der Waals surface area contributed by atoms with Crippen molar-refractivity contribution in [2.45, 2.75) is 31.0 Å². The van der Waals surface area contributed by atoms with E-state index in [1.165, 1.54) is 30.6 Å². The summed E-state index contributed by atoms with van der Waals surface area (Å²) in [7, 11) is 0. The van der Waals surface area contributed by atoms with Gasteiger partial charge in [-0.25, -0.2) is 19.3 Å². The topological polar surface area (TPSA) is 71.0 Å². The van der Waals surface area contributed by atoms with Crippen LogP contribution in [0.25, 0.3) is 11.4 Å². The Hall–Kier alpha value is -3.56. The number of rotatable bonds is 5. The largest absolute Gasteiger partial charge is 0.433 e. The summed E-state index contributed by atoms with van der Waals surface area (Å²) < 4.78 is 53.2. The van der Waals surface area contributed by atoms with Crippen LogP contribution in [0.3, 0.4) is 0 Å². The van der Waals surface area contributed by atoms with Crippen LogP contribution in [0.1, 0.15) is 35.3 Å². The van der Waals surface area contributed by atoms with Gasteiger partial charge in [0, 0.05) is 25.5 Å². The first-order valence-electron chi connectivity index (χ1n) is 10.9. The summed E-state index contributed by atoms with van der Waals surface area (Å²) in [5.41, 5.74) is -0.794. The first kappa shape index (κ1) is 22.2. The van der Waals surface area contributed by atoms with Gasteiger partial charge in [-0.2, -0.15) is 13.2 Å². The van der Waals surface area contributed by atoms with Crippen LogP contribution in [0.2, 0.25) is 0 Å². The maximum atomic E-state index is 14.8. The second-order valence-electron chi connectivity index (χ2n) is 8.77. The molecule has 1 saturated heterocycles. The van der Waals surface area contributed by atoms with Gasteiger partial charge < -0.3 is 10.2 Å². The van der Waals surface area contributed by atoms with Crippen LogP contribution in [0.15, 0.2) is 55.0 Å². The van der Waals surface area contributed by atoms with Crippen LogP contribution in [-0.2, 0) is 6.18 Å². The molecule has 2 unspecified atom stereocenters. The monoisotopic (exact) mass is 471 g/mol. The van der Waals surface area contributed by atoms with Crippen molar-refractivity contribution in [1.29, 1.82) is 0 Å². The van der Waals surface area contributed by atoms with Gasteiger partial charge in [0.05, 0.1) is 28.6 Å². The molecule has 1 N–H and O–H groups in total. The summed E-state index contributed by atoms with van der Waals surface area (Å²) in [6.45, 7) is 0.895. The number of likely N-dealkylation sites (tertiary alicyclic amines) is 1. The third-order valence-corrected chi connectivity index (χ3v) is 6.65. The lowest BCUT2D eigenvalue weighted by Crippen LogP contribution is -2.52. The van der Waals surface area contributed by atoms with E-state index in [-0.39, 0.29) is 22.9 Å². The second-order valence-corrected chi connectivity index (χ2v) is 8.77. The summed E-state index contributed by atoms with van der Waals surface area (Å²) in [6.07, 6.45) is 2.09. The maximum absolute atomic E-state index is 14.8. The highest BCUT2D eigenvalue weighted by Crippen LogP contribution is 2.47. The van der Waals surface area contributed by atoms with Crippen LogP contribution in [0, 0.1) is 11.7 Å². The van der Waals surface area contributed by atoms with Crippen LogP contribution in [-0.4, -0.2) is 44.4 Å². The standard InChI is InChI=1S/C24H21F4N5O/c25-18-4-1-3-17(20(18)21-29-9-2-10-30-21)22(34)33-13-15-7-8-23(33,11-15)14-32-16-5-6-19(31-12-16)24(26,27)28/h1-6,9-10,12,15,32H,7-8,11,13-14H2. The molecule has 2 atom stereocenters. The third kappa shape index (κ3) is 3.97. The van der Waals surface area contributed by atoms with Gasteiger partial charge in [0.15, 0.2) is 5.82 Å². The van der Waals surface area contributed by atoms with Gasteiger partial charge in [-0.15, -0.1) is 0 Å². The molecule has 176 valence electrons. The molecule has 1 saturated carbocycles. The van der Waals surface area contributed by atoms with E-state index in [1.807, 2.05) is 0 Å². The fourth-order valence-corrected chi connectivity index (χ4v) is 5.06. The van der Waals surface area contributed by atoms with Crippen LogP contribution < -0.4 is 5.32 Å².